The lowest BCUT2D eigenvalue weighted by atomic mass is 10.1. The third-order valence-electron chi connectivity index (χ3n) is 4.09. The number of alkyl halides is 3. The van der Waals surface area contributed by atoms with Gasteiger partial charge < -0.3 is 4.90 Å². The molecule has 2 unspecified atom stereocenters. The van der Waals surface area contributed by atoms with Gasteiger partial charge in [-0.05, 0) is 50.0 Å². The molecule has 0 radical (unpaired) electrons. The van der Waals surface area contributed by atoms with E-state index in [9.17, 15) is 17.4 Å². The fourth-order valence-corrected chi connectivity index (χ4v) is 4.30. The Morgan fingerprint density at radius 3 is 2.46 bits per heavy atom. The van der Waals surface area contributed by atoms with Crippen LogP contribution in [0.15, 0.2) is 22.7 Å². The maximum Gasteiger partial charge on any atom is 0.433 e. The SMILES string of the molecule is CC(c1ccc(C(F)(F)F)nc1)S(C)(=O)=NC(=S)N1CCCCC1. The Hall–Kier alpha value is -1.22. The van der Waals surface area contributed by atoms with E-state index in [4.69, 9.17) is 12.2 Å². The van der Waals surface area contributed by atoms with Crippen LogP contribution in [-0.2, 0) is 15.9 Å². The van der Waals surface area contributed by atoms with E-state index in [1.54, 1.807) is 6.92 Å². The van der Waals surface area contributed by atoms with Gasteiger partial charge in [0.05, 0.1) is 15.0 Å². The summed E-state index contributed by atoms with van der Waals surface area (Å²) >= 11 is 5.28. The molecule has 0 saturated carbocycles. The quantitative estimate of drug-likeness (QED) is 0.728. The summed E-state index contributed by atoms with van der Waals surface area (Å²) in [7, 11) is -2.74. The van der Waals surface area contributed by atoms with Crippen LogP contribution in [0.25, 0.3) is 0 Å². The summed E-state index contributed by atoms with van der Waals surface area (Å²) in [6.45, 7) is 3.26. The molecule has 2 rings (SSSR count). The van der Waals surface area contributed by atoms with Crippen molar-refractivity contribution in [1.82, 2.24) is 9.88 Å². The van der Waals surface area contributed by atoms with E-state index in [1.807, 2.05) is 4.90 Å². The second kappa shape index (κ2) is 7.35. The monoisotopic (exact) mass is 379 g/mol. The van der Waals surface area contributed by atoms with Gasteiger partial charge in [-0.2, -0.15) is 17.5 Å². The molecule has 134 valence electrons. The molecule has 0 spiro atoms. The van der Waals surface area contributed by atoms with Crippen molar-refractivity contribution >= 4 is 27.1 Å². The number of hydrogen-bond donors (Lipinski definition) is 0. The van der Waals surface area contributed by atoms with Crippen LogP contribution in [0.3, 0.4) is 0 Å². The van der Waals surface area contributed by atoms with Gasteiger partial charge in [0.15, 0.2) is 0 Å². The van der Waals surface area contributed by atoms with Crippen LogP contribution >= 0.6 is 12.2 Å². The first-order valence-corrected chi connectivity index (χ1v) is 10.0. The summed E-state index contributed by atoms with van der Waals surface area (Å²) in [6, 6.07) is 2.19. The molecule has 1 fully saturated rings. The van der Waals surface area contributed by atoms with Crippen LogP contribution in [0, 0.1) is 0 Å². The summed E-state index contributed by atoms with van der Waals surface area (Å²) in [5.41, 5.74) is -0.525. The molecule has 0 aromatic carbocycles. The van der Waals surface area contributed by atoms with Gasteiger partial charge in [0.1, 0.15) is 5.69 Å². The highest BCUT2D eigenvalue weighted by molar-refractivity contribution is 7.94. The fourth-order valence-electron chi connectivity index (χ4n) is 2.44. The molecular formula is C15H20F3N3OS2. The number of hydrogen-bond acceptors (Lipinski definition) is 3. The third kappa shape index (κ3) is 4.66. The average molecular weight is 379 g/mol. The van der Waals surface area contributed by atoms with E-state index in [2.05, 4.69) is 9.35 Å². The molecule has 0 N–H and O–H groups in total. The van der Waals surface area contributed by atoms with Crippen molar-refractivity contribution in [1.29, 1.82) is 0 Å². The van der Waals surface area contributed by atoms with Crippen LogP contribution in [0.2, 0.25) is 0 Å². The van der Waals surface area contributed by atoms with Gasteiger partial charge >= 0.3 is 6.18 Å². The van der Waals surface area contributed by atoms with Crippen molar-refractivity contribution in [2.45, 2.75) is 37.6 Å². The Morgan fingerprint density at radius 2 is 1.96 bits per heavy atom. The summed E-state index contributed by atoms with van der Waals surface area (Å²) in [5, 5.41) is -0.260. The lowest BCUT2D eigenvalue weighted by Gasteiger charge is -2.27. The molecule has 1 aliphatic rings. The summed E-state index contributed by atoms with van der Waals surface area (Å²) in [6.07, 6.45) is 1.30. The lowest BCUT2D eigenvalue weighted by Crippen LogP contribution is -2.34. The Kier molecular flexibility index (Phi) is 5.85. The van der Waals surface area contributed by atoms with Crippen molar-refractivity contribution in [3.8, 4) is 0 Å². The first-order valence-electron chi connectivity index (χ1n) is 7.64. The smallest absolute Gasteiger partial charge is 0.347 e. The average Bonchev–Trinajstić information content (AvgIpc) is 2.54. The molecule has 4 nitrogen and oxygen atoms in total. The topological polar surface area (TPSA) is 45.6 Å². The summed E-state index contributed by atoms with van der Waals surface area (Å²) in [4.78, 5) is 5.35. The van der Waals surface area contributed by atoms with E-state index >= 15 is 0 Å². The molecule has 0 amide bonds. The van der Waals surface area contributed by atoms with Crippen molar-refractivity contribution in [2.24, 2.45) is 4.36 Å². The lowest BCUT2D eigenvalue weighted by molar-refractivity contribution is -0.141. The van der Waals surface area contributed by atoms with Crippen molar-refractivity contribution in [3.05, 3.63) is 29.6 Å². The van der Waals surface area contributed by atoms with Gasteiger partial charge in [-0.1, -0.05) is 6.07 Å². The molecule has 1 aliphatic heterocycles. The van der Waals surface area contributed by atoms with Crippen LogP contribution in [-0.4, -0.2) is 38.6 Å². The zero-order valence-electron chi connectivity index (χ0n) is 13.5. The Morgan fingerprint density at radius 1 is 1.33 bits per heavy atom. The van der Waals surface area contributed by atoms with Crippen LogP contribution in [0.4, 0.5) is 13.2 Å². The molecule has 1 saturated heterocycles. The van der Waals surface area contributed by atoms with E-state index in [0.717, 1.165) is 44.6 Å². The van der Waals surface area contributed by atoms with E-state index in [0.29, 0.717) is 10.7 Å². The number of nitrogens with zero attached hydrogens (tertiary/aromatic N) is 3. The van der Waals surface area contributed by atoms with E-state index in [-0.39, 0.29) is 0 Å². The minimum absolute atomic E-state index is 0.314. The number of aromatic nitrogens is 1. The molecule has 9 heteroatoms. The van der Waals surface area contributed by atoms with Crippen molar-refractivity contribution in [3.63, 3.8) is 0 Å². The first kappa shape index (κ1) is 19.1. The molecule has 1 aromatic heterocycles. The van der Waals surface area contributed by atoms with Crippen molar-refractivity contribution in [2.75, 3.05) is 19.3 Å². The number of pyridine rings is 1. The standard InChI is InChI=1S/C15H20F3N3OS2/c1-11(12-6-7-13(19-10-12)15(16,17)18)24(2,22)20-14(23)21-8-4-3-5-9-21/h6-7,10-11H,3-5,8-9H2,1-2H3. The number of rotatable bonds is 2. The van der Waals surface area contributed by atoms with Crippen LogP contribution in [0.1, 0.15) is 42.7 Å². The molecule has 24 heavy (non-hydrogen) atoms. The Bertz CT molecular complexity index is 704. The van der Waals surface area contributed by atoms with Gasteiger partial charge in [-0.3, -0.25) is 4.98 Å². The minimum Gasteiger partial charge on any atom is -0.347 e. The van der Waals surface area contributed by atoms with Crippen LogP contribution in [0.5, 0.6) is 0 Å². The Balaban J connectivity index is 2.20. The Labute approximate surface area is 145 Å². The highest BCUT2D eigenvalue weighted by Crippen LogP contribution is 2.29. The fraction of sp³-hybridized carbons (Fsp3) is 0.600. The number of piperidine rings is 1. The molecular weight excluding hydrogens is 359 g/mol. The van der Waals surface area contributed by atoms with Gasteiger partial charge in [0.2, 0.25) is 5.11 Å². The highest BCUT2D eigenvalue weighted by atomic mass is 32.2. The van der Waals surface area contributed by atoms with Crippen LogP contribution < -0.4 is 0 Å². The number of likely N-dealkylation sites (tertiary alicyclic amines) is 1. The normalized spacial score (nSPS) is 19.5. The zero-order valence-corrected chi connectivity index (χ0v) is 15.2. The summed E-state index contributed by atoms with van der Waals surface area (Å²) in [5.74, 6) is 0. The van der Waals surface area contributed by atoms with Gasteiger partial charge in [-0.25, -0.2) is 4.21 Å². The molecule has 1 aromatic rings. The largest absolute Gasteiger partial charge is 0.433 e. The minimum atomic E-state index is -4.49. The van der Waals surface area contributed by atoms with Gasteiger partial charge in [0.25, 0.3) is 0 Å². The number of halogens is 3. The molecule has 0 bridgehead atoms. The summed E-state index contributed by atoms with van der Waals surface area (Å²) < 4.78 is 54.8. The maximum atomic E-state index is 12.9. The second-order valence-electron chi connectivity index (χ2n) is 5.90. The molecule has 2 atom stereocenters. The molecule has 2 heterocycles. The van der Waals surface area contributed by atoms with E-state index < -0.39 is 26.8 Å². The predicted octanol–water partition coefficient (Wildman–Crippen LogP) is 4.03. The van der Waals surface area contributed by atoms with Crippen molar-refractivity contribution < 1.29 is 17.4 Å². The van der Waals surface area contributed by atoms with Gasteiger partial charge in [0, 0.05) is 25.5 Å². The second-order valence-corrected chi connectivity index (χ2v) is 8.88. The maximum absolute atomic E-state index is 12.9. The molecule has 0 aliphatic carbocycles. The highest BCUT2D eigenvalue weighted by Gasteiger charge is 2.32. The van der Waals surface area contributed by atoms with Gasteiger partial charge in [-0.15, -0.1) is 0 Å². The van der Waals surface area contributed by atoms with E-state index in [1.165, 1.54) is 12.3 Å². The zero-order chi connectivity index (χ0) is 18.0. The number of thiocarbonyl (C=S) groups is 1. The predicted molar refractivity (Wildman–Crippen MR) is 92.2 cm³/mol. The third-order valence-corrected chi connectivity index (χ3v) is 6.67. The first-order chi connectivity index (χ1) is 11.1.